The minimum atomic E-state index is 0.209. The Morgan fingerprint density at radius 2 is 0.871 bits per heavy atom. The van der Waals surface area contributed by atoms with Gasteiger partial charge in [0.15, 0.2) is 0 Å². The lowest BCUT2D eigenvalue weighted by Crippen LogP contribution is -2.51. The van der Waals surface area contributed by atoms with Crippen LogP contribution in [0, 0.1) is 35.5 Å². The second kappa shape index (κ2) is 6.02. The van der Waals surface area contributed by atoms with E-state index in [9.17, 15) is 0 Å². The molecule has 0 unspecified atom stereocenters. The Morgan fingerprint density at radius 3 is 1.19 bits per heavy atom. The molecule has 0 radical (unpaired) electrons. The molecule has 8 saturated carbocycles. The van der Waals surface area contributed by atoms with Crippen molar-refractivity contribution >= 4 is 11.7 Å². The Balaban J connectivity index is 1.18. The summed E-state index contributed by atoms with van der Waals surface area (Å²) in [6.07, 6.45) is 16.8. The van der Waals surface area contributed by atoms with Gasteiger partial charge in [0.2, 0.25) is 0 Å². The van der Waals surface area contributed by atoms with Crippen molar-refractivity contribution in [3.05, 3.63) is 35.4 Å². The Labute approximate surface area is 186 Å². The van der Waals surface area contributed by atoms with E-state index in [1.165, 1.54) is 88.2 Å². The van der Waals surface area contributed by atoms with Crippen molar-refractivity contribution < 1.29 is 0 Å². The molecule has 0 atom stereocenters. The zero-order valence-corrected chi connectivity index (χ0v) is 18.7. The van der Waals surface area contributed by atoms with Crippen molar-refractivity contribution in [2.75, 3.05) is 0 Å². The number of nitrogens with zero attached hydrogens (tertiary/aromatic N) is 2. The fourth-order valence-electron chi connectivity index (χ4n) is 10.2. The molecule has 162 valence electrons. The van der Waals surface area contributed by atoms with E-state index in [1.54, 1.807) is 0 Å². The molecule has 1 heterocycles. The zero-order valence-electron chi connectivity index (χ0n) is 18.7. The number of nitrogens with one attached hydrogen (secondary N) is 1. The van der Waals surface area contributed by atoms with Gasteiger partial charge in [0.1, 0.15) is 11.7 Å². The molecule has 0 spiro atoms. The maximum Gasteiger partial charge on any atom is 0.135 e. The molecule has 8 fully saturated rings. The number of aliphatic imine (C=N–C) groups is 2. The van der Waals surface area contributed by atoms with Crippen molar-refractivity contribution in [3.63, 3.8) is 0 Å². The minimum absolute atomic E-state index is 0.209. The van der Waals surface area contributed by atoms with Crippen LogP contribution in [0.15, 0.2) is 34.3 Å². The first kappa shape index (κ1) is 17.9. The number of benzene rings is 1. The van der Waals surface area contributed by atoms with Crippen LogP contribution in [-0.4, -0.2) is 22.7 Å². The molecule has 3 nitrogen and oxygen atoms in total. The summed E-state index contributed by atoms with van der Waals surface area (Å²) in [6.45, 7) is 0. The van der Waals surface area contributed by atoms with Crippen molar-refractivity contribution in [2.24, 2.45) is 45.5 Å². The summed E-state index contributed by atoms with van der Waals surface area (Å²) in [6, 6.07) is 8.93. The van der Waals surface area contributed by atoms with Gasteiger partial charge in [-0.1, -0.05) is 24.3 Å². The van der Waals surface area contributed by atoms with Crippen LogP contribution in [0.25, 0.3) is 0 Å². The third-order valence-corrected chi connectivity index (χ3v) is 10.4. The second-order valence-electron chi connectivity index (χ2n) is 12.9. The lowest BCUT2D eigenvalue weighted by molar-refractivity contribution is 0.00153. The molecule has 31 heavy (non-hydrogen) atoms. The van der Waals surface area contributed by atoms with E-state index in [1.807, 2.05) is 0 Å². The van der Waals surface area contributed by atoms with Gasteiger partial charge in [0.05, 0.1) is 11.1 Å². The van der Waals surface area contributed by atoms with Crippen LogP contribution >= 0.6 is 0 Å². The number of hydrogen-bond acceptors (Lipinski definition) is 2. The van der Waals surface area contributed by atoms with Crippen LogP contribution in [-0.2, 0) is 0 Å². The fourth-order valence-corrected chi connectivity index (χ4v) is 10.2. The van der Waals surface area contributed by atoms with Gasteiger partial charge in [-0.15, -0.1) is 0 Å². The topological polar surface area (TPSA) is 36.8 Å². The van der Waals surface area contributed by atoms with Gasteiger partial charge in [-0.05, 0) is 113 Å². The van der Waals surface area contributed by atoms with E-state index in [0.717, 1.165) is 47.2 Å². The Bertz CT molecular complexity index is 852. The highest BCUT2D eigenvalue weighted by molar-refractivity contribution is 6.25. The van der Waals surface area contributed by atoms with Gasteiger partial charge in [0.25, 0.3) is 0 Å². The predicted octanol–water partition coefficient (Wildman–Crippen LogP) is 5.72. The van der Waals surface area contributed by atoms with Crippen LogP contribution in [0.1, 0.15) is 88.2 Å². The number of amidine groups is 2. The molecule has 8 aliphatic carbocycles. The Kier molecular flexibility index (Phi) is 3.47. The SMILES string of the molecule is c1ccc2c(c1)C(=NC13CC4CC(CC(C4)C1)C3)NC2=NC12CC3CC(CC(C3)C1)C2. The smallest absolute Gasteiger partial charge is 0.135 e. The van der Waals surface area contributed by atoms with Crippen molar-refractivity contribution in [3.8, 4) is 0 Å². The minimum Gasteiger partial charge on any atom is -0.324 e. The van der Waals surface area contributed by atoms with Gasteiger partial charge >= 0.3 is 0 Å². The highest BCUT2D eigenvalue weighted by Crippen LogP contribution is 2.58. The van der Waals surface area contributed by atoms with E-state index in [2.05, 4.69) is 29.6 Å². The van der Waals surface area contributed by atoms with Gasteiger partial charge in [-0.25, -0.2) is 0 Å². The van der Waals surface area contributed by atoms with Crippen molar-refractivity contribution in [1.82, 2.24) is 5.32 Å². The van der Waals surface area contributed by atoms with Crippen molar-refractivity contribution in [1.29, 1.82) is 0 Å². The molecular formula is C28H35N3. The first-order chi connectivity index (χ1) is 15.1. The Hall–Kier alpha value is -1.64. The average Bonchev–Trinajstić information content (AvgIpc) is 3.02. The standard InChI is InChI=1S/C28H35N3/c1-2-4-24-23(3-1)25(30-27-11-17-5-18(12-27)7-19(6-17)13-27)29-26(24)31-28-14-20-8-21(15-28)10-22(9-20)16-28/h1-4,17-22H,5-16H2,(H,29,30,31). The number of rotatable bonds is 2. The molecule has 3 heteroatoms. The predicted molar refractivity (Wildman–Crippen MR) is 124 cm³/mol. The van der Waals surface area contributed by atoms with Crippen LogP contribution in [0.3, 0.4) is 0 Å². The molecule has 0 aromatic heterocycles. The summed E-state index contributed by atoms with van der Waals surface area (Å²) in [5.41, 5.74) is 3.03. The fraction of sp³-hybridized carbons (Fsp3) is 0.714. The molecule has 8 bridgehead atoms. The lowest BCUT2D eigenvalue weighted by atomic mass is 9.53. The first-order valence-electron chi connectivity index (χ1n) is 13.2. The maximum atomic E-state index is 5.58. The molecule has 0 saturated heterocycles. The molecule has 0 amide bonds. The van der Waals surface area contributed by atoms with Crippen LogP contribution in [0.2, 0.25) is 0 Å². The molecule has 9 aliphatic rings. The summed E-state index contributed by atoms with van der Waals surface area (Å²) in [5, 5.41) is 3.81. The highest BCUT2D eigenvalue weighted by atomic mass is 15.1. The summed E-state index contributed by atoms with van der Waals surface area (Å²) >= 11 is 0. The zero-order chi connectivity index (χ0) is 20.2. The van der Waals surface area contributed by atoms with E-state index >= 15 is 0 Å². The highest BCUT2D eigenvalue weighted by Gasteiger charge is 2.53. The largest absolute Gasteiger partial charge is 0.324 e. The first-order valence-corrected chi connectivity index (χ1v) is 13.2. The number of hydrogen-bond donors (Lipinski definition) is 1. The Morgan fingerprint density at radius 1 is 0.548 bits per heavy atom. The molecule has 1 aliphatic heterocycles. The van der Waals surface area contributed by atoms with E-state index < -0.39 is 0 Å². The summed E-state index contributed by atoms with van der Waals surface area (Å²) < 4.78 is 0. The van der Waals surface area contributed by atoms with Crippen molar-refractivity contribution in [2.45, 2.75) is 88.1 Å². The monoisotopic (exact) mass is 413 g/mol. The van der Waals surface area contributed by atoms with Crippen LogP contribution < -0.4 is 5.32 Å². The molecule has 1 aromatic carbocycles. The van der Waals surface area contributed by atoms with Gasteiger partial charge in [-0.2, -0.15) is 0 Å². The molecular weight excluding hydrogens is 378 g/mol. The molecule has 1 N–H and O–H groups in total. The summed E-state index contributed by atoms with van der Waals surface area (Å²) in [5.74, 6) is 7.90. The molecule has 1 aromatic rings. The van der Waals surface area contributed by atoms with Gasteiger partial charge in [0, 0.05) is 11.1 Å². The van der Waals surface area contributed by atoms with Crippen LogP contribution in [0.4, 0.5) is 0 Å². The number of fused-ring (bicyclic) bond motifs is 1. The molecule has 10 rings (SSSR count). The summed E-state index contributed by atoms with van der Waals surface area (Å²) in [4.78, 5) is 11.2. The summed E-state index contributed by atoms with van der Waals surface area (Å²) in [7, 11) is 0. The van der Waals surface area contributed by atoms with E-state index in [-0.39, 0.29) is 11.1 Å². The van der Waals surface area contributed by atoms with E-state index in [4.69, 9.17) is 9.98 Å². The average molecular weight is 414 g/mol. The normalized spacial score (nSPS) is 51.0. The quantitative estimate of drug-likeness (QED) is 0.661. The third kappa shape index (κ3) is 2.70. The third-order valence-electron chi connectivity index (χ3n) is 10.4. The lowest BCUT2D eigenvalue weighted by Gasteiger charge is -2.55. The van der Waals surface area contributed by atoms with Crippen LogP contribution in [0.5, 0.6) is 0 Å². The van der Waals surface area contributed by atoms with Gasteiger partial charge in [-0.3, -0.25) is 9.98 Å². The second-order valence-corrected chi connectivity index (χ2v) is 12.9. The maximum absolute atomic E-state index is 5.58. The van der Waals surface area contributed by atoms with E-state index in [0.29, 0.717) is 0 Å². The van der Waals surface area contributed by atoms with Gasteiger partial charge < -0.3 is 5.32 Å².